The lowest BCUT2D eigenvalue weighted by Gasteiger charge is -2.03. The fourth-order valence-corrected chi connectivity index (χ4v) is 2.65. The van der Waals surface area contributed by atoms with Crippen molar-refractivity contribution in [3.05, 3.63) is 89.5 Å². The molecule has 0 saturated heterocycles. The molecule has 0 aromatic heterocycles. The molecule has 0 aliphatic heterocycles. The van der Waals surface area contributed by atoms with E-state index in [1.165, 1.54) is 16.7 Å². The maximum atomic E-state index is 9.06. The Labute approximate surface area is 191 Å². The molecule has 3 rings (SSSR count). The van der Waals surface area contributed by atoms with E-state index < -0.39 is 0 Å². The van der Waals surface area contributed by atoms with E-state index >= 15 is 0 Å². The van der Waals surface area contributed by atoms with Gasteiger partial charge in [0.25, 0.3) is 0 Å². The first-order valence-electron chi connectivity index (χ1n) is 10.5. The summed E-state index contributed by atoms with van der Waals surface area (Å²) in [4.78, 5) is 0. The van der Waals surface area contributed by atoms with E-state index in [0.29, 0.717) is 35.0 Å². The third-order valence-corrected chi connectivity index (χ3v) is 4.61. The fraction of sp³-hybridized carbons (Fsp3) is 0.333. The normalized spacial score (nSPS) is 9.97. The molecular formula is C27H39O3P. The molecule has 170 valence electrons. The topological polar surface area (TPSA) is 60.7 Å². The van der Waals surface area contributed by atoms with Crippen molar-refractivity contribution in [1.82, 2.24) is 0 Å². The third-order valence-electron chi connectivity index (χ3n) is 4.61. The second kappa shape index (κ2) is 14.5. The van der Waals surface area contributed by atoms with Crippen molar-refractivity contribution in [3.8, 4) is 17.2 Å². The Hall–Kier alpha value is -2.51. The number of benzene rings is 3. The van der Waals surface area contributed by atoms with Gasteiger partial charge in [0, 0.05) is 0 Å². The number of hydrogen-bond acceptors (Lipinski definition) is 3. The zero-order valence-electron chi connectivity index (χ0n) is 19.7. The Balaban J connectivity index is 0.000000429. The highest BCUT2D eigenvalue weighted by Crippen LogP contribution is 2.20. The SMILES string of the molecule is CC(C)c1cccc(O)c1.CC(C)c1cccc(O)c1.CC(C)c1cccc(O)c1.P. The molecule has 0 aliphatic carbocycles. The van der Waals surface area contributed by atoms with E-state index in [-0.39, 0.29) is 9.90 Å². The van der Waals surface area contributed by atoms with Gasteiger partial charge in [0.15, 0.2) is 0 Å². The van der Waals surface area contributed by atoms with E-state index in [9.17, 15) is 0 Å². The zero-order chi connectivity index (χ0) is 22.7. The second-order valence-corrected chi connectivity index (χ2v) is 8.25. The van der Waals surface area contributed by atoms with Crippen LogP contribution >= 0.6 is 9.90 Å². The van der Waals surface area contributed by atoms with Crippen molar-refractivity contribution >= 4 is 9.90 Å². The summed E-state index contributed by atoms with van der Waals surface area (Å²) in [5, 5.41) is 27.2. The van der Waals surface area contributed by atoms with Crippen molar-refractivity contribution in [2.45, 2.75) is 59.3 Å². The van der Waals surface area contributed by atoms with Gasteiger partial charge >= 0.3 is 0 Å². The smallest absolute Gasteiger partial charge is 0.115 e. The van der Waals surface area contributed by atoms with Crippen LogP contribution in [0.5, 0.6) is 17.2 Å². The van der Waals surface area contributed by atoms with E-state index in [1.807, 2.05) is 36.4 Å². The fourth-order valence-electron chi connectivity index (χ4n) is 2.65. The molecule has 0 saturated carbocycles. The molecular weight excluding hydrogens is 403 g/mol. The first-order valence-corrected chi connectivity index (χ1v) is 10.5. The molecule has 0 radical (unpaired) electrons. The van der Waals surface area contributed by atoms with Crippen molar-refractivity contribution in [2.75, 3.05) is 0 Å². The molecule has 31 heavy (non-hydrogen) atoms. The summed E-state index contributed by atoms with van der Waals surface area (Å²) in [6.07, 6.45) is 0. The number of rotatable bonds is 3. The van der Waals surface area contributed by atoms with Gasteiger partial charge in [-0.1, -0.05) is 77.9 Å². The standard InChI is InChI=1S/3C9H12O.H3P/c3*1-7(2)8-4-3-5-9(10)6-8;/h3*3-7,10H,1-2H3;1H3. The minimum atomic E-state index is 0. The lowest BCUT2D eigenvalue weighted by Crippen LogP contribution is -1.84. The van der Waals surface area contributed by atoms with Gasteiger partial charge in [-0.25, -0.2) is 0 Å². The monoisotopic (exact) mass is 442 g/mol. The van der Waals surface area contributed by atoms with Crippen molar-refractivity contribution in [3.63, 3.8) is 0 Å². The second-order valence-electron chi connectivity index (χ2n) is 8.25. The number of phenols is 3. The average Bonchev–Trinajstić information content (AvgIpc) is 2.69. The van der Waals surface area contributed by atoms with E-state index in [4.69, 9.17) is 15.3 Å². The molecule has 1 unspecified atom stereocenters. The van der Waals surface area contributed by atoms with E-state index in [0.717, 1.165) is 0 Å². The molecule has 4 heteroatoms. The summed E-state index contributed by atoms with van der Waals surface area (Å²) in [5.74, 6) is 2.54. The van der Waals surface area contributed by atoms with Crippen LogP contribution < -0.4 is 0 Å². The van der Waals surface area contributed by atoms with Crippen molar-refractivity contribution < 1.29 is 15.3 Å². The highest BCUT2D eigenvalue weighted by Gasteiger charge is 1.99. The molecule has 1 atom stereocenters. The maximum absolute atomic E-state index is 9.06. The third kappa shape index (κ3) is 11.5. The molecule has 0 aliphatic rings. The molecule has 0 bridgehead atoms. The Morgan fingerprint density at radius 3 is 0.806 bits per heavy atom. The van der Waals surface area contributed by atoms with Gasteiger partial charge in [0.2, 0.25) is 0 Å². The van der Waals surface area contributed by atoms with Gasteiger partial charge in [0.05, 0.1) is 0 Å². The minimum Gasteiger partial charge on any atom is -0.508 e. The van der Waals surface area contributed by atoms with Crippen LogP contribution in [0.15, 0.2) is 72.8 Å². The van der Waals surface area contributed by atoms with Crippen LogP contribution in [0.25, 0.3) is 0 Å². The zero-order valence-corrected chi connectivity index (χ0v) is 21.1. The summed E-state index contributed by atoms with van der Waals surface area (Å²) < 4.78 is 0. The van der Waals surface area contributed by atoms with Crippen LogP contribution in [-0.4, -0.2) is 15.3 Å². The lowest BCUT2D eigenvalue weighted by molar-refractivity contribution is 0.473. The molecule has 0 fully saturated rings. The molecule has 3 aromatic carbocycles. The number of aromatic hydroxyl groups is 3. The highest BCUT2D eigenvalue weighted by molar-refractivity contribution is 6.92. The molecule has 0 heterocycles. The Morgan fingerprint density at radius 1 is 0.452 bits per heavy atom. The van der Waals surface area contributed by atoms with Crippen LogP contribution in [0.3, 0.4) is 0 Å². The van der Waals surface area contributed by atoms with Gasteiger partial charge in [-0.05, 0) is 70.8 Å². The predicted molar refractivity (Wildman–Crippen MR) is 138 cm³/mol. The summed E-state index contributed by atoms with van der Waals surface area (Å²) in [7, 11) is 0. The Bertz CT molecular complexity index is 771. The Morgan fingerprint density at radius 2 is 0.677 bits per heavy atom. The van der Waals surface area contributed by atoms with Gasteiger partial charge in [-0.3, -0.25) is 0 Å². The molecule has 0 spiro atoms. The lowest BCUT2D eigenvalue weighted by atomic mass is 10.0. The van der Waals surface area contributed by atoms with Gasteiger partial charge in [0.1, 0.15) is 17.2 Å². The summed E-state index contributed by atoms with van der Waals surface area (Å²) >= 11 is 0. The van der Waals surface area contributed by atoms with E-state index in [2.05, 4.69) is 41.5 Å². The molecule has 3 aromatic rings. The quantitative estimate of drug-likeness (QED) is 0.366. The van der Waals surface area contributed by atoms with Crippen LogP contribution in [0.4, 0.5) is 0 Å². The van der Waals surface area contributed by atoms with Crippen LogP contribution in [0.1, 0.15) is 76.0 Å². The van der Waals surface area contributed by atoms with Gasteiger partial charge in [-0.15, -0.1) is 0 Å². The van der Waals surface area contributed by atoms with Crippen LogP contribution in [0, 0.1) is 0 Å². The largest absolute Gasteiger partial charge is 0.508 e. The average molecular weight is 443 g/mol. The summed E-state index contributed by atoms with van der Waals surface area (Å²) in [6.45, 7) is 12.6. The van der Waals surface area contributed by atoms with Gasteiger partial charge in [-0.2, -0.15) is 9.90 Å². The predicted octanol–water partition coefficient (Wildman–Crippen LogP) is 7.60. The number of phenolic OH excluding ortho intramolecular Hbond substituents is 3. The Kier molecular flexibility index (Phi) is 13.3. The maximum Gasteiger partial charge on any atom is 0.115 e. The van der Waals surface area contributed by atoms with E-state index in [1.54, 1.807) is 36.4 Å². The van der Waals surface area contributed by atoms with Crippen molar-refractivity contribution in [1.29, 1.82) is 0 Å². The summed E-state index contributed by atoms with van der Waals surface area (Å²) in [6, 6.07) is 22.1. The van der Waals surface area contributed by atoms with Crippen LogP contribution in [0.2, 0.25) is 0 Å². The molecule has 0 amide bonds. The first kappa shape index (κ1) is 28.5. The number of hydrogen-bond donors (Lipinski definition) is 3. The molecule has 3 nitrogen and oxygen atoms in total. The minimum absolute atomic E-state index is 0. The highest BCUT2D eigenvalue weighted by atomic mass is 31.0. The van der Waals surface area contributed by atoms with Crippen LogP contribution in [-0.2, 0) is 0 Å². The first-order chi connectivity index (χ1) is 14.1. The molecule has 3 N–H and O–H groups in total. The van der Waals surface area contributed by atoms with Gasteiger partial charge < -0.3 is 15.3 Å². The van der Waals surface area contributed by atoms with Crippen molar-refractivity contribution in [2.24, 2.45) is 0 Å². The summed E-state index contributed by atoms with van der Waals surface area (Å²) in [5.41, 5.74) is 3.54.